The minimum atomic E-state index is 0.241. The van der Waals surface area contributed by atoms with Crippen molar-refractivity contribution in [1.29, 1.82) is 0 Å². The summed E-state index contributed by atoms with van der Waals surface area (Å²) in [6.07, 6.45) is 5.63. The van der Waals surface area contributed by atoms with Crippen LogP contribution in [0.25, 0.3) is 11.5 Å². The molecule has 0 saturated carbocycles. The maximum absolute atomic E-state index is 5.81. The zero-order chi connectivity index (χ0) is 17.2. The fraction of sp³-hybridized carbons (Fsp3) is 0.444. The number of hydrogen-bond acceptors (Lipinski definition) is 7. The van der Waals surface area contributed by atoms with E-state index in [1.165, 1.54) is 0 Å². The van der Waals surface area contributed by atoms with Gasteiger partial charge in [-0.2, -0.15) is 0 Å². The summed E-state index contributed by atoms with van der Waals surface area (Å²) >= 11 is 0. The molecule has 130 valence electrons. The molecule has 0 aromatic carbocycles. The second-order valence-corrected chi connectivity index (χ2v) is 6.68. The molecule has 1 fully saturated rings. The smallest absolute Gasteiger partial charge is 0.249 e. The Balaban J connectivity index is 1.49. The Morgan fingerprint density at radius 1 is 1.32 bits per heavy atom. The van der Waals surface area contributed by atoms with E-state index in [1.54, 1.807) is 12.4 Å². The second-order valence-electron chi connectivity index (χ2n) is 6.68. The van der Waals surface area contributed by atoms with Crippen LogP contribution < -0.4 is 0 Å². The quantitative estimate of drug-likeness (QED) is 0.702. The molecule has 0 spiro atoms. The zero-order valence-electron chi connectivity index (χ0n) is 14.4. The normalized spacial score (nSPS) is 18.3. The summed E-state index contributed by atoms with van der Waals surface area (Å²) in [4.78, 5) is 6.41. The van der Waals surface area contributed by atoms with E-state index in [0.717, 1.165) is 36.4 Å². The first-order chi connectivity index (χ1) is 12.2. The van der Waals surface area contributed by atoms with Crippen LogP contribution in [0.3, 0.4) is 0 Å². The highest BCUT2D eigenvalue weighted by molar-refractivity contribution is 5.49. The maximum Gasteiger partial charge on any atom is 0.249 e. The van der Waals surface area contributed by atoms with Gasteiger partial charge in [-0.3, -0.25) is 9.88 Å². The Hall–Kier alpha value is -2.54. The first-order valence-corrected chi connectivity index (χ1v) is 8.64. The van der Waals surface area contributed by atoms with Gasteiger partial charge in [0.1, 0.15) is 11.5 Å². The molecule has 4 heterocycles. The van der Waals surface area contributed by atoms with Crippen LogP contribution in [0.4, 0.5) is 0 Å². The highest BCUT2D eigenvalue weighted by Crippen LogP contribution is 2.33. The van der Waals surface area contributed by atoms with Gasteiger partial charge in [-0.1, -0.05) is 19.0 Å². The molecule has 1 aliphatic rings. The van der Waals surface area contributed by atoms with Gasteiger partial charge in [0.15, 0.2) is 0 Å². The van der Waals surface area contributed by atoms with Gasteiger partial charge >= 0.3 is 0 Å². The minimum Gasteiger partial charge on any atom is -0.419 e. The van der Waals surface area contributed by atoms with Crippen molar-refractivity contribution >= 4 is 0 Å². The molecule has 7 nitrogen and oxygen atoms in total. The van der Waals surface area contributed by atoms with Crippen LogP contribution in [0.5, 0.6) is 0 Å². The van der Waals surface area contributed by atoms with Crippen molar-refractivity contribution in [2.24, 2.45) is 0 Å². The molecular formula is C18H21N5O2. The number of hydrogen-bond donors (Lipinski definition) is 0. The Morgan fingerprint density at radius 2 is 2.24 bits per heavy atom. The van der Waals surface area contributed by atoms with E-state index >= 15 is 0 Å². The lowest BCUT2D eigenvalue weighted by atomic mass is 10.1. The molecule has 4 rings (SSSR count). The lowest BCUT2D eigenvalue weighted by Gasteiger charge is -2.20. The van der Waals surface area contributed by atoms with Crippen LogP contribution in [-0.4, -0.2) is 31.8 Å². The van der Waals surface area contributed by atoms with Crippen LogP contribution in [0.15, 0.2) is 39.5 Å². The summed E-state index contributed by atoms with van der Waals surface area (Å²) in [6, 6.07) is 6.07. The number of pyridine rings is 1. The van der Waals surface area contributed by atoms with Crippen molar-refractivity contribution in [2.75, 3.05) is 6.54 Å². The summed E-state index contributed by atoms with van der Waals surface area (Å²) in [5.41, 5.74) is 1.82. The summed E-state index contributed by atoms with van der Waals surface area (Å²) in [5.74, 6) is 2.38. The first-order valence-electron chi connectivity index (χ1n) is 8.64. The van der Waals surface area contributed by atoms with Gasteiger partial charge in [-0.15, -0.1) is 10.2 Å². The van der Waals surface area contributed by atoms with Crippen LogP contribution in [-0.2, 0) is 6.54 Å². The molecule has 7 heteroatoms. The first kappa shape index (κ1) is 16.0. The van der Waals surface area contributed by atoms with Gasteiger partial charge in [0.2, 0.25) is 11.8 Å². The molecular weight excluding hydrogens is 318 g/mol. The van der Waals surface area contributed by atoms with E-state index in [0.29, 0.717) is 24.2 Å². The molecule has 1 atom stereocenters. The van der Waals surface area contributed by atoms with Crippen LogP contribution >= 0.6 is 0 Å². The fourth-order valence-electron chi connectivity index (χ4n) is 3.18. The number of rotatable bonds is 5. The van der Waals surface area contributed by atoms with Crippen LogP contribution in [0.2, 0.25) is 0 Å². The molecule has 0 bridgehead atoms. The highest BCUT2D eigenvalue weighted by atomic mass is 16.5. The van der Waals surface area contributed by atoms with E-state index in [9.17, 15) is 0 Å². The van der Waals surface area contributed by atoms with Crippen LogP contribution in [0.1, 0.15) is 56.0 Å². The molecule has 25 heavy (non-hydrogen) atoms. The predicted octanol–water partition coefficient (Wildman–Crippen LogP) is 3.58. The van der Waals surface area contributed by atoms with Crippen molar-refractivity contribution < 1.29 is 8.94 Å². The molecule has 0 amide bonds. The predicted molar refractivity (Wildman–Crippen MR) is 90.5 cm³/mol. The minimum absolute atomic E-state index is 0.241. The van der Waals surface area contributed by atoms with Gasteiger partial charge in [0.25, 0.3) is 0 Å². The van der Waals surface area contributed by atoms with E-state index in [4.69, 9.17) is 8.94 Å². The van der Waals surface area contributed by atoms with E-state index < -0.39 is 0 Å². The number of aromatic nitrogens is 4. The largest absolute Gasteiger partial charge is 0.419 e. The van der Waals surface area contributed by atoms with Crippen molar-refractivity contribution in [1.82, 2.24) is 25.2 Å². The summed E-state index contributed by atoms with van der Waals surface area (Å²) in [6.45, 7) is 5.81. The Morgan fingerprint density at radius 3 is 3.00 bits per heavy atom. The van der Waals surface area contributed by atoms with Gasteiger partial charge < -0.3 is 8.94 Å². The third-order valence-electron chi connectivity index (χ3n) is 4.53. The second kappa shape index (κ2) is 6.76. The van der Waals surface area contributed by atoms with Gasteiger partial charge in [-0.25, -0.2) is 0 Å². The number of nitrogens with zero attached hydrogens (tertiary/aromatic N) is 5. The lowest BCUT2D eigenvalue weighted by Crippen LogP contribution is -2.23. The van der Waals surface area contributed by atoms with E-state index in [2.05, 4.69) is 45.2 Å². The summed E-state index contributed by atoms with van der Waals surface area (Å²) < 4.78 is 11.3. The fourth-order valence-corrected chi connectivity index (χ4v) is 3.18. The van der Waals surface area contributed by atoms with Gasteiger partial charge in [-0.05, 0) is 31.5 Å². The van der Waals surface area contributed by atoms with Crippen LogP contribution in [0, 0.1) is 0 Å². The molecule has 3 aromatic rings. The highest BCUT2D eigenvalue weighted by Gasteiger charge is 2.30. The average Bonchev–Trinajstić information content (AvgIpc) is 3.36. The maximum atomic E-state index is 5.81. The standard InChI is InChI=1S/C18H21N5O2/c1-12(2)16-9-14(22-25-16)15-6-4-8-23(15)11-17-20-21-18(24-17)13-5-3-7-19-10-13/h3,5,7,9-10,12,15H,4,6,8,11H2,1-2H3/t15-/m1/s1. The summed E-state index contributed by atoms with van der Waals surface area (Å²) in [7, 11) is 0. The SMILES string of the molecule is CC(C)c1cc([C@H]2CCCN2Cc2nnc(-c3cccnc3)o2)no1. The van der Waals surface area contributed by atoms with E-state index in [1.807, 2.05) is 12.1 Å². The molecule has 0 unspecified atom stereocenters. The molecule has 0 radical (unpaired) electrons. The van der Waals surface area contributed by atoms with Crippen molar-refractivity contribution in [3.63, 3.8) is 0 Å². The summed E-state index contributed by atoms with van der Waals surface area (Å²) in [5, 5.41) is 12.6. The topological polar surface area (TPSA) is 81.1 Å². The Labute approximate surface area is 146 Å². The van der Waals surface area contributed by atoms with Crippen molar-refractivity contribution in [3.8, 4) is 11.5 Å². The van der Waals surface area contributed by atoms with Crippen molar-refractivity contribution in [3.05, 3.63) is 47.9 Å². The zero-order valence-corrected chi connectivity index (χ0v) is 14.4. The lowest BCUT2D eigenvalue weighted by molar-refractivity contribution is 0.215. The molecule has 1 aliphatic heterocycles. The Kier molecular flexibility index (Phi) is 4.31. The third kappa shape index (κ3) is 3.32. The Bertz CT molecular complexity index is 827. The molecule has 0 N–H and O–H groups in total. The van der Waals surface area contributed by atoms with Gasteiger partial charge in [0, 0.05) is 24.4 Å². The van der Waals surface area contributed by atoms with Crippen molar-refractivity contribution in [2.45, 2.75) is 45.2 Å². The monoisotopic (exact) mass is 339 g/mol. The van der Waals surface area contributed by atoms with Gasteiger partial charge in [0.05, 0.1) is 18.2 Å². The third-order valence-corrected chi connectivity index (χ3v) is 4.53. The number of likely N-dealkylation sites (tertiary alicyclic amines) is 1. The molecule has 1 saturated heterocycles. The molecule has 3 aromatic heterocycles. The molecule has 0 aliphatic carbocycles. The average molecular weight is 339 g/mol. The van der Waals surface area contributed by atoms with E-state index in [-0.39, 0.29) is 6.04 Å².